The summed E-state index contributed by atoms with van der Waals surface area (Å²) >= 11 is 0. The van der Waals surface area contributed by atoms with Crippen LogP contribution in [0.25, 0.3) is 0 Å². The van der Waals surface area contributed by atoms with Gasteiger partial charge in [-0.05, 0) is 37.5 Å². The minimum absolute atomic E-state index is 0.243. The van der Waals surface area contributed by atoms with E-state index >= 15 is 0 Å². The number of hydrogen-bond acceptors (Lipinski definition) is 4. The zero-order valence-corrected chi connectivity index (χ0v) is 10.5. The van der Waals surface area contributed by atoms with Crippen molar-refractivity contribution in [1.29, 1.82) is 5.26 Å². The number of carbonyl (C=O) groups excluding carboxylic acids is 3. The molecule has 2 N–H and O–H groups in total. The Morgan fingerprint density at radius 1 is 1.25 bits per heavy atom. The third-order valence-corrected chi connectivity index (χ3v) is 3.85. The van der Waals surface area contributed by atoms with E-state index in [1.54, 1.807) is 6.07 Å². The molecule has 0 aromatic heterocycles. The fourth-order valence-corrected chi connectivity index (χ4v) is 2.42. The molecule has 2 aliphatic rings. The molecule has 6 heteroatoms. The van der Waals surface area contributed by atoms with Crippen molar-refractivity contribution in [2.45, 2.75) is 19.3 Å². The predicted molar refractivity (Wildman–Crippen MR) is 68.8 cm³/mol. The van der Waals surface area contributed by atoms with Gasteiger partial charge in [-0.15, -0.1) is 0 Å². The fraction of sp³-hybridized carbons (Fsp3) is 0.286. The summed E-state index contributed by atoms with van der Waals surface area (Å²) in [5, 5.41) is 13.9. The number of fused-ring (bicyclic) bond motifs is 1. The van der Waals surface area contributed by atoms with Gasteiger partial charge < -0.3 is 5.32 Å². The van der Waals surface area contributed by atoms with Gasteiger partial charge in [-0.1, -0.05) is 0 Å². The van der Waals surface area contributed by atoms with E-state index in [0.29, 0.717) is 24.1 Å². The summed E-state index contributed by atoms with van der Waals surface area (Å²) in [4.78, 5) is 35.0. The molecule has 1 saturated carbocycles. The van der Waals surface area contributed by atoms with E-state index in [1.165, 1.54) is 12.1 Å². The molecule has 3 amide bonds. The third kappa shape index (κ3) is 1.67. The molecule has 0 radical (unpaired) electrons. The van der Waals surface area contributed by atoms with Crippen molar-refractivity contribution < 1.29 is 14.4 Å². The van der Waals surface area contributed by atoms with Gasteiger partial charge in [-0.2, -0.15) is 5.26 Å². The highest BCUT2D eigenvalue weighted by Crippen LogP contribution is 2.41. The lowest BCUT2D eigenvalue weighted by molar-refractivity contribution is -0.126. The molecule has 0 saturated heterocycles. The van der Waals surface area contributed by atoms with Gasteiger partial charge in [-0.3, -0.25) is 19.7 Å². The fourth-order valence-electron chi connectivity index (χ4n) is 2.42. The van der Waals surface area contributed by atoms with Crippen LogP contribution in [0.2, 0.25) is 0 Å². The smallest absolute Gasteiger partial charge is 0.259 e. The molecular formula is C14H11N3O3. The van der Waals surface area contributed by atoms with Crippen LogP contribution in [0.1, 0.15) is 40.0 Å². The van der Waals surface area contributed by atoms with Crippen LogP contribution >= 0.6 is 0 Å². The number of nitriles is 1. The zero-order valence-electron chi connectivity index (χ0n) is 10.5. The molecule has 20 heavy (non-hydrogen) atoms. The molecule has 1 aliphatic carbocycles. The summed E-state index contributed by atoms with van der Waals surface area (Å²) in [6.45, 7) is 0. The van der Waals surface area contributed by atoms with Crippen LogP contribution < -0.4 is 10.6 Å². The minimum atomic E-state index is -0.947. The number of carbonyl (C=O) groups is 3. The van der Waals surface area contributed by atoms with Gasteiger partial charge in [0.05, 0.1) is 17.2 Å². The van der Waals surface area contributed by atoms with Crippen LogP contribution in [0.5, 0.6) is 0 Å². The zero-order chi connectivity index (χ0) is 14.3. The lowest BCUT2D eigenvalue weighted by Gasteiger charge is -2.33. The van der Waals surface area contributed by atoms with Crippen LogP contribution in [-0.4, -0.2) is 17.7 Å². The van der Waals surface area contributed by atoms with Crippen molar-refractivity contribution in [1.82, 2.24) is 5.32 Å². The maximum absolute atomic E-state index is 12.1. The number of amides is 3. The third-order valence-electron chi connectivity index (χ3n) is 3.85. The highest BCUT2D eigenvalue weighted by atomic mass is 16.2. The molecule has 1 aliphatic heterocycles. The van der Waals surface area contributed by atoms with E-state index in [0.717, 1.165) is 6.42 Å². The minimum Gasteiger partial charge on any atom is -0.325 e. The largest absolute Gasteiger partial charge is 0.325 e. The first-order valence-corrected chi connectivity index (χ1v) is 6.28. The van der Waals surface area contributed by atoms with E-state index < -0.39 is 17.2 Å². The first-order chi connectivity index (χ1) is 9.55. The molecule has 1 aromatic rings. The molecule has 6 nitrogen and oxygen atoms in total. The molecule has 1 heterocycles. The van der Waals surface area contributed by atoms with E-state index in [4.69, 9.17) is 5.26 Å². The number of anilines is 1. The number of benzene rings is 1. The summed E-state index contributed by atoms with van der Waals surface area (Å²) < 4.78 is 0. The van der Waals surface area contributed by atoms with E-state index in [-0.39, 0.29) is 11.5 Å². The highest BCUT2D eigenvalue weighted by molar-refractivity contribution is 6.22. The summed E-state index contributed by atoms with van der Waals surface area (Å²) in [6, 6.07) is 6.56. The van der Waals surface area contributed by atoms with E-state index in [9.17, 15) is 14.4 Å². The van der Waals surface area contributed by atoms with Crippen molar-refractivity contribution in [2.75, 3.05) is 5.32 Å². The summed E-state index contributed by atoms with van der Waals surface area (Å²) in [5.41, 5.74) is 0.0102. The Hall–Kier alpha value is -2.68. The predicted octanol–water partition coefficient (Wildman–Crippen LogP) is 1.20. The molecule has 1 aromatic carbocycles. The Kier molecular flexibility index (Phi) is 2.57. The first-order valence-electron chi connectivity index (χ1n) is 6.28. The Morgan fingerprint density at radius 2 is 1.95 bits per heavy atom. The monoisotopic (exact) mass is 269 g/mol. The van der Waals surface area contributed by atoms with Gasteiger partial charge in [0.2, 0.25) is 5.91 Å². The molecule has 3 rings (SSSR count). The van der Waals surface area contributed by atoms with Gasteiger partial charge in [0.15, 0.2) is 0 Å². The Bertz CT molecular complexity index is 683. The van der Waals surface area contributed by atoms with Crippen LogP contribution in [0.15, 0.2) is 18.2 Å². The van der Waals surface area contributed by atoms with Crippen LogP contribution in [0.3, 0.4) is 0 Å². The van der Waals surface area contributed by atoms with Crippen LogP contribution in [0, 0.1) is 16.7 Å². The molecule has 0 unspecified atom stereocenters. The normalized spacial score (nSPS) is 18.6. The number of nitrogens with zero attached hydrogens (tertiary/aromatic N) is 1. The quantitative estimate of drug-likeness (QED) is 0.788. The average Bonchev–Trinajstić information content (AvgIpc) is 2.64. The molecule has 100 valence electrons. The van der Waals surface area contributed by atoms with E-state index in [1.807, 2.05) is 0 Å². The van der Waals surface area contributed by atoms with Crippen LogP contribution in [0.4, 0.5) is 5.69 Å². The average molecular weight is 269 g/mol. The summed E-state index contributed by atoms with van der Waals surface area (Å²) in [6.07, 6.45) is 1.97. The van der Waals surface area contributed by atoms with Crippen LogP contribution in [-0.2, 0) is 4.79 Å². The van der Waals surface area contributed by atoms with Gasteiger partial charge >= 0.3 is 0 Å². The van der Waals surface area contributed by atoms with Crippen molar-refractivity contribution in [3.8, 4) is 6.07 Å². The summed E-state index contributed by atoms with van der Waals surface area (Å²) in [7, 11) is 0. The topological polar surface area (TPSA) is 99.1 Å². The van der Waals surface area contributed by atoms with Crippen molar-refractivity contribution in [3.05, 3.63) is 29.3 Å². The number of nitrogens with one attached hydrogen (secondary N) is 2. The maximum atomic E-state index is 12.1. The first kappa shape index (κ1) is 12.4. The number of rotatable bonds is 2. The second-order valence-corrected chi connectivity index (χ2v) is 5.05. The Balaban J connectivity index is 1.85. The molecule has 0 bridgehead atoms. The SMILES string of the molecule is N#CC1(C(=O)Nc2ccc3c(c2)C(=O)NC3=O)CCC1. The van der Waals surface area contributed by atoms with Gasteiger partial charge in [0, 0.05) is 5.69 Å². The summed E-state index contributed by atoms with van der Waals surface area (Å²) in [5.74, 6) is -1.26. The number of hydrogen-bond donors (Lipinski definition) is 2. The van der Waals surface area contributed by atoms with Crippen molar-refractivity contribution in [2.24, 2.45) is 5.41 Å². The van der Waals surface area contributed by atoms with Crippen molar-refractivity contribution in [3.63, 3.8) is 0 Å². The van der Waals surface area contributed by atoms with E-state index in [2.05, 4.69) is 16.7 Å². The Labute approximate surface area is 114 Å². The maximum Gasteiger partial charge on any atom is 0.259 e. The second kappa shape index (κ2) is 4.17. The molecule has 0 spiro atoms. The van der Waals surface area contributed by atoms with Gasteiger partial charge in [0.1, 0.15) is 5.41 Å². The lowest BCUT2D eigenvalue weighted by atomic mass is 9.69. The van der Waals surface area contributed by atoms with Gasteiger partial charge in [-0.25, -0.2) is 0 Å². The lowest BCUT2D eigenvalue weighted by Crippen LogP contribution is -2.40. The molecule has 1 fully saturated rings. The highest BCUT2D eigenvalue weighted by Gasteiger charge is 2.44. The molecular weight excluding hydrogens is 258 g/mol. The second-order valence-electron chi connectivity index (χ2n) is 5.05. The Morgan fingerprint density at radius 3 is 2.55 bits per heavy atom. The van der Waals surface area contributed by atoms with Gasteiger partial charge in [0.25, 0.3) is 11.8 Å². The molecule has 0 atom stereocenters. The van der Waals surface area contributed by atoms with Crippen molar-refractivity contribution >= 4 is 23.4 Å². The number of imide groups is 1. The standard InChI is InChI=1S/C14H11N3O3/c15-7-14(4-1-5-14)13(20)16-8-2-3-9-10(6-8)12(19)17-11(9)18/h2-3,6H,1,4-5H2,(H,16,20)(H,17,18,19).